The molecule has 0 spiro atoms. The minimum Gasteiger partial charge on any atom is -0.494 e. The number of rotatable bonds is 5. The summed E-state index contributed by atoms with van der Waals surface area (Å²) in [6.45, 7) is 1.64. The predicted octanol–water partition coefficient (Wildman–Crippen LogP) is -0.908. The predicted molar refractivity (Wildman–Crippen MR) is 68.7 cm³/mol. The molecule has 17 heavy (non-hydrogen) atoms. The van der Waals surface area contributed by atoms with E-state index >= 15 is 0 Å². The van der Waals surface area contributed by atoms with Gasteiger partial charge in [0.1, 0.15) is 5.56 Å². The SMILES string of the molecule is C[NH+](C)CCCN=Cc1c(O)[nH]c(=S)[nH]c1=O. The Bertz CT molecular complexity index is 504. The van der Waals surface area contributed by atoms with E-state index < -0.39 is 5.56 Å². The molecule has 0 aliphatic rings. The van der Waals surface area contributed by atoms with Crippen molar-refractivity contribution < 1.29 is 10.0 Å². The highest BCUT2D eigenvalue weighted by Gasteiger charge is 2.03. The summed E-state index contributed by atoms with van der Waals surface area (Å²) in [7, 11) is 4.13. The zero-order chi connectivity index (χ0) is 12.8. The fourth-order valence-corrected chi connectivity index (χ4v) is 1.47. The van der Waals surface area contributed by atoms with Crippen LogP contribution < -0.4 is 10.5 Å². The molecule has 94 valence electrons. The fraction of sp³-hybridized carbons (Fsp3) is 0.500. The maximum Gasteiger partial charge on any atom is 0.264 e. The van der Waals surface area contributed by atoms with Gasteiger partial charge in [-0.1, -0.05) is 0 Å². The van der Waals surface area contributed by atoms with Crippen LogP contribution in [0.15, 0.2) is 9.79 Å². The normalized spacial score (nSPS) is 11.5. The third-order valence-electron chi connectivity index (χ3n) is 2.14. The highest BCUT2D eigenvalue weighted by Crippen LogP contribution is 2.03. The highest BCUT2D eigenvalue weighted by atomic mass is 32.1. The Labute approximate surface area is 104 Å². The second-order valence-electron chi connectivity index (χ2n) is 4.02. The quantitative estimate of drug-likeness (QED) is 0.313. The number of hydrogen-bond acceptors (Lipinski definition) is 4. The molecule has 6 nitrogen and oxygen atoms in total. The standard InChI is InChI=1S/C10H16N4O2S/c1-14(2)5-3-4-11-6-7-8(15)12-10(17)13-9(7)16/h6H,3-5H2,1-2H3,(H3,12,13,15,16,17)/p+1. The third kappa shape index (κ3) is 4.49. The van der Waals surface area contributed by atoms with Crippen LogP contribution >= 0.6 is 12.2 Å². The molecule has 7 heteroatoms. The summed E-state index contributed by atoms with van der Waals surface area (Å²) >= 11 is 4.71. The number of aromatic amines is 2. The van der Waals surface area contributed by atoms with Gasteiger partial charge in [0.05, 0.1) is 20.6 Å². The average Bonchev–Trinajstić information content (AvgIpc) is 2.20. The molecule has 0 saturated heterocycles. The van der Waals surface area contributed by atoms with Crippen molar-refractivity contribution in [2.45, 2.75) is 6.42 Å². The van der Waals surface area contributed by atoms with Gasteiger partial charge in [-0.2, -0.15) is 0 Å². The summed E-state index contributed by atoms with van der Waals surface area (Å²) in [6.07, 6.45) is 2.30. The lowest BCUT2D eigenvalue weighted by molar-refractivity contribution is -0.858. The lowest BCUT2D eigenvalue weighted by atomic mass is 10.3. The van der Waals surface area contributed by atoms with Gasteiger partial charge >= 0.3 is 0 Å². The first-order valence-corrected chi connectivity index (χ1v) is 5.76. The second kappa shape index (κ2) is 6.31. The smallest absolute Gasteiger partial charge is 0.264 e. The molecule has 0 aromatic carbocycles. The first-order valence-electron chi connectivity index (χ1n) is 5.35. The van der Waals surface area contributed by atoms with Crippen molar-refractivity contribution in [1.82, 2.24) is 9.97 Å². The van der Waals surface area contributed by atoms with Crippen LogP contribution in [0.4, 0.5) is 0 Å². The molecule has 0 unspecified atom stereocenters. The summed E-state index contributed by atoms with van der Waals surface area (Å²) in [4.78, 5) is 21.7. The number of aromatic hydroxyl groups is 1. The van der Waals surface area contributed by atoms with Crippen LogP contribution in [-0.4, -0.2) is 48.5 Å². The molecule has 4 N–H and O–H groups in total. The van der Waals surface area contributed by atoms with E-state index in [1.165, 1.54) is 11.1 Å². The van der Waals surface area contributed by atoms with Crippen molar-refractivity contribution in [2.75, 3.05) is 27.2 Å². The van der Waals surface area contributed by atoms with Crippen molar-refractivity contribution in [3.63, 3.8) is 0 Å². The Balaban J connectivity index is 2.66. The Kier molecular flexibility index (Phi) is 5.05. The Morgan fingerprint density at radius 2 is 2.18 bits per heavy atom. The molecule has 1 aromatic heterocycles. The summed E-state index contributed by atoms with van der Waals surface area (Å²) in [5, 5.41) is 9.48. The summed E-state index contributed by atoms with van der Waals surface area (Å²) < 4.78 is 0.0980. The van der Waals surface area contributed by atoms with E-state index in [1.807, 2.05) is 0 Å². The van der Waals surface area contributed by atoms with E-state index in [0.29, 0.717) is 6.54 Å². The maximum atomic E-state index is 11.4. The number of nitrogens with one attached hydrogen (secondary N) is 3. The molecule has 1 rings (SSSR count). The summed E-state index contributed by atoms with van der Waals surface area (Å²) in [5.41, 5.74) is -0.330. The second-order valence-corrected chi connectivity index (χ2v) is 4.42. The molecular weight excluding hydrogens is 240 g/mol. The van der Waals surface area contributed by atoms with E-state index in [2.05, 4.69) is 29.1 Å². The molecule has 0 aliphatic heterocycles. The molecule has 0 radical (unpaired) electrons. The van der Waals surface area contributed by atoms with Crippen LogP contribution in [0.1, 0.15) is 12.0 Å². The van der Waals surface area contributed by atoms with Gasteiger partial charge in [-0.3, -0.25) is 14.8 Å². The number of nitrogens with zero attached hydrogens (tertiary/aromatic N) is 1. The van der Waals surface area contributed by atoms with Gasteiger partial charge in [0.2, 0.25) is 5.88 Å². The van der Waals surface area contributed by atoms with Gasteiger partial charge in [-0.05, 0) is 12.2 Å². The Hall–Kier alpha value is -1.47. The van der Waals surface area contributed by atoms with Crippen LogP contribution in [0, 0.1) is 4.77 Å². The highest BCUT2D eigenvalue weighted by molar-refractivity contribution is 7.71. The van der Waals surface area contributed by atoms with Crippen LogP contribution in [0.25, 0.3) is 0 Å². The van der Waals surface area contributed by atoms with E-state index in [-0.39, 0.29) is 16.2 Å². The first kappa shape index (κ1) is 13.6. The number of aromatic nitrogens is 2. The summed E-state index contributed by atoms with van der Waals surface area (Å²) in [5.74, 6) is -0.249. The lowest BCUT2D eigenvalue weighted by Crippen LogP contribution is -3.05. The van der Waals surface area contributed by atoms with E-state index in [1.54, 1.807) is 0 Å². The van der Waals surface area contributed by atoms with Crippen molar-refractivity contribution in [3.8, 4) is 5.88 Å². The van der Waals surface area contributed by atoms with Crippen LogP contribution in [0.2, 0.25) is 0 Å². The minimum absolute atomic E-state index is 0.0980. The zero-order valence-corrected chi connectivity index (χ0v) is 10.7. The largest absolute Gasteiger partial charge is 0.494 e. The van der Waals surface area contributed by atoms with Crippen molar-refractivity contribution >= 4 is 18.4 Å². The molecule has 0 bridgehead atoms. The minimum atomic E-state index is -0.437. The van der Waals surface area contributed by atoms with Crippen LogP contribution in [-0.2, 0) is 0 Å². The average molecular weight is 257 g/mol. The van der Waals surface area contributed by atoms with Crippen molar-refractivity contribution in [3.05, 3.63) is 20.7 Å². The lowest BCUT2D eigenvalue weighted by Gasteiger charge is -2.04. The van der Waals surface area contributed by atoms with E-state index in [0.717, 1.165) is 13.0 Å². The Morgan fingerprint density at radius 1 is 1.47 bits per heavy atom. The van der Waals surface area contributed by atoms with Crippen LogP contribution in [0.3, 0.4) is 0 Å². The third-order valence-corrected chi connectivity index (χ3v) is 2.35. The van der Waals surface area contributed by atoms with Gasteiger partial charge in [-0.25, -0.2) is 0 Å². The van der Waals surface area contributed by atoms with Gasteiger partial charge in [0, 0.05) is 19.2 Å². The molecule has 0 fully saturated rings. The van der Waals surface area contributed by atoms with Crippen LogP contribution in [0.5, 0.6) is 5.88 Å². The van der Waals surface area contributed by atoms with Gasteiger partial charge < -0.3 is 15.0 Å². The molecule has 0 amide bonds. The molecular formula is C10H17N4O2S+. The molecule has 0 atom stereocenters. The maximum absolute atomic E-state index is 11.4. The van der Waals surface area contributed by atoms with Crippen molar-refractivity contribution in [1.29, 1.82) is 0 Å². The molecule has 0 aliphatic carbocycles. The number of aliphatic imine (C=N–C) groups is 1. The first-order chi connectivity index (χ1) is 8.00. The summed E-state index contributed by atoms with van der Waals surface area (Å²) in [6, 6.07) is 0. The van der Waals surface area contributed by atoms with Gasteiger partial charge in [0.15, 0.2) is 4.77 Å². The number of quaternary nitrogens is 1. The molecule has 0 saturated carbocycles. The van der Waals surface area contributed by atoms with Crippen molar-refractivity contribution in [2.24, 2.45) is 4.99 Å². The fourth-order valence-electron chi connectivity index (χ4n) is 1.28. The van der Waals surface area contributed by atoms with E-state index in [9.17, 15) is 9.90 Å². The number of H-pyrrole nitrogens is 2. The number of hydrogen-bond donors (Lipinski definition) is 4. The zero-order valence-electron chi connectivity index (χ0n) is 9.91. The molecule has 1 heterocycles. The topological polar surface area (TPSA) is 85.7 Å². The van der Waals surface area contributed by atoms with Gasteiger partial charge in [-0.15, -0.1) is 0 Å². The molecule has 1 aromatic rings. The van der Waals surface area contributed by atoms with Gasteiger partial charge in [0.25, 0.3) is 5.56 Å². The monoisotopic (exact) mass is 257 g/mol. The Morgan fingerprint density at radius 3 is 2.76 bits per heavy atom. The van der Waals surface area contributed by atoms with E-state index in [4.69, 9.17) is 12.2 Å².